The van der Waals surface area contributed by atoms with Gasteiger partial charge in [-0.05, 0) is 24.3 Å². The summed E-state index contributed by atoms with van der Waals surface area (Å²) in [5.41, 5.74) is 1.58. The summed E-state index contributed by atoms with van der Waals surface area (Å²) in [5, 5.41) is 15.2. The van der Waals surface area contributed by atoms with E-state index in [2.05, 4.69) is 5.10 Å². The molecule has 1 aliphatic heterocycles. The highest BCUT2D eigenvalue weighted by atomic mass is 32.1. The number of hydrogen-bond acceptors (Lipinski definition) is 4. The molecule has 1 amide bonds. The predicted octanol–water partition coefficient (Wildman–Crippen LogP) is 2.05. The molecule has 3 heterocycles. The molecule has 0 fully saturated rings. The van der Waals surface area contributed by atoms with Gasteiger partial charge in [0, 0.05) is 18.3 Å². The summed E-state index contributed by atoms with van der Waals surface area (Å²) in [7, 11) is 1.69. The average Bonchev–Trinajstić information content (AvgIpc) is 3.00. The minimum Gasteiger partial charge on any atom is -0.478 e. The third kappa shape index (κ3) is 2.44. The molecule has 0 saturated carbocycles. The number of amides is 1. The van der Waals surface area contributed by atoms with E-state index in [4.69, 9.17) is 0 Å². The summed E-state index contributed by atoms with van der Waals surface area (Å²) in [6.07, 6.45) is 3.54. The van der Waals surface area contributed by atoms with Crippen molar-refractivity contribution in [3.63, 3.8) is 0 Å². The Balaban J connectivity index is 1.99. The van der Waals surface area contributed by atoms with Gasteiger partial charge in [-0.25, -0.2) is 4.79 Å². The molecule has 0 unspecified atom stereocenters. The topological polar surface area (TPSA) is 75.4 Å². The number of carboxylic acid groups (broad SMARTS) is 1. The Morgan fingerprint density at radius 1 is 1.48 bits per heavy atom. The molecule has 21 heavy (non-hydrogen) atoms. The Morgan fingerprint density at radius 3 is 3.05 bits per heavy atom. The number of anilines is 1. The maximum atomic E-state index is 12.3. The van der Waals surface area contributed by atoms with Gasteiger partial charge in [-0.3, -0.25) is 9.48 Å². The van der Waals surface area contributed by atoms with E-state index in [9.17, 15) is 14.7 Å². The smallest absolute Gasteiger partial charge is 0.339 e. The summed E-state index contributed by atoms with van der Waals surface area (Å²) in [5.74, 6) is -0.990. The molecule has 3 rings (SSSR count). The number of rotatable bonds is 3. The molecule has 2 aromatic rings. The van der Waals surface area contributed by atoms with Crippen molar-refractivity contribution < 1.29 is 14.7 Å². The van der Waals surface area contributed by atoms with Crippen molar-refractivity contribution in [3.05, 3.63) is 33.8 Å². The Labute approximate surface area is 125 Å². The third-order valence-electron chi connectivity index (χ3n) is 3.71. The van der Waals surface area contributed by atoms with Gasteiger partial charge in [0.05, 0.1) is 24.1 Å². The van der Waals surface area contributed by atoms with E-state index in [-0.39, 0.29) is 18.0 Å². The van der Waals surface area contributed by atoms with Gasteiger partial charge in [-0.2, -0.15) is 5.10 Å². The highest BCUT2D eigenvalue weighted by molar-refractivity contribution is 7.10. The largest absolute Gasteiger partial charge is 0.478 e. The maximum absolute atomic E-state index is 12.3. The summed E-state index contributed by atoms with van der Waals surface area (Å²) in [4.78, 5) is 26.5. The number of fused-ring (bicyclic) bond motifs is 1. The fourth-order valence-corrected chi connectivity index (χ4v) is 3.51. The van der Waals surface area contributed by atoms with Crippen LogP contribution in [0.3, 0.4) is 0 Å². The summed E-state index contributed by atoms with van der Waals surface area (Å²) < 4.78 is 1.52. The highest BCUT2D eigenvalue weighted by Gasteiger charge is 2.26. The molecule has 6 nitrogen and oxygen atoms in total. The average molecular weight is 305 g/mol. The Hall–Kier alpha value is -2.15. The molecule has 2 aromatic heterocycles. The standard InChI is InChI=1S/C14H15N3O3S/c1-16-11(9(7-15-16)14(19)20)8-17-10-5-6-21-12(10)3-2-4-13(17)18/h5-7H,2-4,8H2,1H3,(H,19,20). The van der Waals surface area contributed by atoms with Crippen LogP contribution in [-0.4, -0.2) is 26.8 Å². The quantitative estimate of drug-likeness (QED) is 0.941. The first-order valence-corrected chi connectivity index (χ1v) is 7.57. The number of nitrogens with zero attached hydrogens (tertiary/aromatic N) is 3. The van der Waals surface area contributed by atoms with Crippen LogP contribution >= 0.6 is 11.3 Å². The van der Waals surface area contributed by atoms with Crippen LogP contribution in [0, 0.1) is 0 Å². The minimum absolute atomic E-state index is 0.0321. The van der Waals surface area contributed by atoms with Crippen LogP contribution in [0.15, 0.2) is 17.6 Å². The van der Waals surface area contributed by atoms with Crippen LogP contribution in [-0.2, 0) is 24.8 Å². The molecular weight excluding hydrogens is 290 g/mol. The van der Waals surface area contributed by atoms with E-state index >= 15 is 0 Å². The van der Waals surface area contributed by atoms with Crippen LogP contribution in [0.1, 0.15) is 33.8 Å². The van der Waals surface area contributed by atoms with Crippen molar-refractivity contribution in [2.45, 2.75) is 25.8 Å². The van der Waals surface area contributed by atoms with Crippen molar-refractivity contribution in [1.82, 2.24) is 9.78 Å². The Kier molecular flexibility index (Phi) is 3.50. The zero-order chi connectivity index (χ0) is 15.0. The van der Waals surface area contributed by atoms with Crippen LogP contribution in [0.2, 0.25) is 0 Å². The number of aryl methyl sites for hydroxylation is 2. The van der Waals surface area contributed by atoms with Crippen molar-refractivity contribution >= 4 is 28.9 Å². The lowest BCUT2D eigenvalue weighted by molar-refractivity contribution is -0.118. The van der Waals surface area contributed by atoms with Crippen molar-refractivity contribution in [2.75, 3.05) is 4.90 Å². The second-order valence-corrected chi connectivity index (χ2v) is 6.00. The van der Waals surface area contributed by atoms with E-state index < -0.39 is 5.97 Å². The van der Waals surface area contributed by atoms with Gasteiger partial charge in [-0.15, -0.1) is 11.3 Å². The molecule has 1 aliphatic rings. The van der Waals surface area contributed by atoms with E-state index in [0.29, 0.717) is 12.1 Å². The number of hydrogen-bond donors (Lipinski definition) is 1. The number of carbonyl (C=O) groups excluding carboxylic acids is 1. The maximum Gasteiger partial charge on any atom is 0.339 e. The van der Waals surface area contributed by atoms with Gasteiger partial charge >= 0.3 is 5.97 Å². The first kappa shape index (κ1) is 13.8. The zero-order valence-corrected chi connectivity index (χ0v) is 12.4. The van der Waals surface area contributed by atoms with Crippen molar-refractivity contribution in [3.8, 4) is 0 Å². The first-order chi connectivity index (χ1) is 10.1. The van der Waals surface area contributed by atoms with Crippen LogP contribution in [0.5, 0.6) is 0 Å². The molecule has 7 heteroatoms. The van der Waals surface area contributed by atoms with E-state index in [0.717, 1.165) is 18.5 Å². The lowest BCUT2D eigenvalue weighted by Crippen LogP contribution is -2.30. The fourth-order valence-electron chi connectivity index (χ4n) is 2.58. The SMILES string of the molecule is Cn1ncc(C(=O)O)c1CN1C(=O)CCCc2sccc21. The van der Waals surface area contributed by atoms with E-state index in [1.165, 1.54) is 15.8 Å². The fraction of sp³-hybridized carbons (Fsp3) is 0.357. The number of carbonyl (C=O) groups is 2. The third-order valence-corrected chi connectivity index (χ3v) is 4.68. The number of carboxylic acids is 1. The molecule has 110 valence electrons. The first-order valence-electron chi connectivity index (χ1n) is 6.69. The van der Waals surface area contributed by atoms with Crippen LogP contribution < -0.4 is 4.90 Å². The van der Waals surface area contributed by atoms with E-state index in [1.807, 2.05) is 11.4 Å². The van der Waals surface area contributed by atoms with Gasteiger partial charge in [-0.1, -0.05) is 0 Å². The molecule has 0 aromatic carbocycles. The van der Waals surface area contributed by atoms with Crippen LogP contribution in [0.4, 0.5) is 5.69 Å². The number of aromatic nitrogens is 2. The highest BCUT2D eigenvalue weighted by Crippen LogP contribution is 2.32. The van der Waals surface area contributed by atoms with Gasteiger partial charge in [0.2, 0.25) is 5.91 Å². The summed E-state index contributed by atoms with van der Waals surface area (Å²) >= 11 is 1.64. The minimum atomic E-state index is -1.02. The second-order valence-electron chi connectivity index (χ2n) is 5.00. The number of aromatic carboxylic acids is 1. The second kappa shape index (κ2) is 5.33. The molecule has 0 aliphatic carbocycles. The normalized spacial score (nSPS) is 14.9. The van der Waals surface area contributed by atoms with Gasteiger partial charge in [0.15, 0.2) is 0 Å². The molecule has 0 saturated heterocycles. The zero-order valence-electron chi connectivity index (χ0n) is 11.6. The van der Waals surface area contributed by atoms with Crippen LogP contribution in [0.25, 0.3) is 0 Å². The van der Waals surface area contributed by atoms with Gasteiger partial charge in [0.25, 0.3) is 0 Å². The van der Waals surface area contributed by atoms with Gasteiger partial charge in [0.1, 0.15) is 5.56 Å². The molecule has 0 bridgehead atoms. The molecule has 0 atom stereocenters. The lowest BCUT2D eigenvalue weighted by atomic mass is 10.2. The molecule has 0 radical (unpaired) electrons. The number of thiophene rings is 1. The van der Waals surface area contributed by atoms with Crippen molar-refractivity contribution in [1.29, 1.82) is 0 Å². The van der Waals surface area contributed by atoms with Gasteiger partial charge < -0.3 is 10.0 Å². The lowest BCUT2D eigenvalue weighted by Gasteiger charge is -2.21. The summed E-state index contributed by atoms with van der Waals surface area (Å²) in [6.45, 7) is 0.237. The molecular formula is C14H15N3O3S. The molecule has 0 spiro atoms. The Morgan fingerprint density at radius 2 is 2.29 bits per heavy atom. The molecule has 1 N–H and O–H groups in total. The summed E-state index contributed by atoms with van der Waals surface area (Å²) in [6, 6.07) is 1.93. The Bertz CT molecular complexity index is 704. The van der Waals surface area contributed by atoms with E-state index in [1.54, 1.807) is 23.3 Å². The van der Waals surface area contributed by atoms with Crippen molar-refractivity contribution in [2.24, 2.45) is 7.05 Å². The predicted molar refractivity (Wildman–Crippen MR) is 78.6 cm³/mol. The monoisotopic (exact) mass is 305 g/mol.